The first-order valence-corrected chi connectivity index (χ1v) is 8.11. The third-order valence-electron chi connectivity index (χ3n) is 2.43. The van der Waals surface area contributed by atoms with Gasteiger partial charge >= 0.3 is 0 Å². The standard InChI is InChI=1S/C10H15Cl2NOS2/c1-6(16(3)14)5-13-7(2)8-4-9(11)15-10(8)12/h4,6-7,13H,5H2,1-3H3. The molecule has 1 aromatic rings. The average Bonchev–Trinajstić information content (AvgIpc) is 2.53. The van der Waals surface area contributed by atoms with Gasteiger partial charge in [0.2, 0.25) is 0 Å². The van der Waals surface area contributed by atoms with Gasteiger partial charge in [0.05, 0.1) is 8.67 Å². The fourth-order valence-corrected chi connectivity index (χ4v) is 3.19. The van der Waals surface area contributed by atoms with Crippen molar-refractivity contribution in [2.75, 3.05) is 12.8 Å². The molecule has 1 aromatic heterocycles. The van der Waals surface area contributed by atoms with Crippen LogP contribution in [-0.2, 0) is 10.8 Å². The molecule has 0 saturated carbocycles. The predicted molar refractivity (Wildman–Crippen MR) is 74.3 cm³/mol. The highest BCUT2D eigenvalue weighted by Gasteiger charge is 2.14. The molecule has 0 amide bonds. The number of hydrogen-bond acceptors (Lipinski definition) is 3. The zero-order chi connectivity index (χ0) is 12.3. The van der Waals surface area contributed by atoms with Crippen molar-refractivity contribution < 1.29 is 4.21 Å². The van der Waals surface area contributed by atoms with E-state index in [0.29, 0.717) is 10.9 Å². The highest BCUT2D eigenvalue weighted by Crippen LogP contribution is 2.34. The maximum absolute atomic E-state index is 11.2. The summed E-state index contributed by atoms with van der Waals surface area (Å²) in [5.41, 5.74) is 1.01. The van der Waals surface area contributed by atoms with Crippen LogP contribution in [0.4, 0.5) is 0 Å². The summed E-state index contributed by atoms with van der Waals surface area (Å²) in [5.74, 6) is 0. The SMILES string of the molecule is CC(NCC(C)S(C)=O)c1cc(Cl)sc1Cl. The van der Waals surface area contributed by atoms with Gasteiger partial charge < -0.3 is 5.32 Å². The van der Waals surface area contributed by atoms with Gasteiger partial charge in [-0.05, 0) is 25.5 Å². The number of nitrogens with one attached hydrogen (secondary N) is 1. The molecule has 0 radical (unpaired) electrons. The third-order valence-corrected chi connectivity index (χ3v) is 5.25. The number of thiophene rings is 1. The Hall–Kier alpha value is 0.390. The van der Waals surface area contributed by atoms with Crippen LogP contribution in [0, 0.1) is 0 Å². The molecule has 92 valence electrons. The second kappa shape index (κ2) is 6.36. The third kappa shape index (κ3) is 4.00. The number of rotatable bonds is 5. The molecule has 0 aliphatic heterocycles. The van der Waals surface area contributed by atoms with Crippen LogP contribution < -0.4 is 5.32 Å². The largest absolute Gasteiger partial charge is 0.309 e. The minimum Gasteiger partial charge on any atom is -0.309 e. The molecule has 2 nitrogen and oxygen atoms in total. The first-order chi connectivity index (χ1) is 7.41. The van der Waals surface area contributed by atoms with Gasteiger partial charge in [-0.2, -0.15) is 0 Å². The van der Waals surface area contributed by atoms with Crippen LogP contribution in [0.15, 0.2) is 6.07 Å². The number of hydrogen-bond donors (Lipinski definition) is 1. The van der Waals surface area contributed by atoms with E-state index < -0.39 is 10.8 Å². The molecule has 0 spiro atoms. The van der Waals surface area contributed by atoms with Crippen molar-refractivity contribution >= 4 is 45.3 Å². The van der Waals surface area contributed by atoms with Crippen LogP contribution >= 0.6 is 34.5 Å². The van der Waals surface area contributed by atoms with Crippen LogP contribution in [0.3, 0.4) is 0 Å². The Bertz CT molecular complexity index is 381. The van der Waals surface area contributed by atoms with Crippen molar-refractivity contribution in [2.24, 2.45) is 0 Å². The Morgan fingerprint density at radius 3 is 2.56 bits per heavy atom. The Morgan fingerprint density at radius 2 is 2.12 bits per heavy atom. The molecular weight excluding hydrogens is 285 g/mol. The van der Waals surface area contributed by atoms with Crippen molar-refractivity contribution in [2.45, 2.75) is 25.1 Å². The van der Waals surface area contributed by atoms with E-state index in [1.807, 2.05) is 19.9 Å². The zero-order valence-electron chi connectivity index (χ0n) is 9.42. The van der Waals surface area contributed by atoms with Crippen LogP contribution in [0.25, 0.3) is 0 Å². The zero-order valence-corrected chi connectivity index (χ0v) is 12.6. The molecule has 6 heteroatoms. The van der Waals surface area contributed by atoms with Crippen LogP contribution in [-0.4, -0.2) is 22.3 Å². The lowest BCUT2D eigenvalue weighted by molar-refractivity contribution is 0.570. The van der Waals surface area contributed by atoms with E-state index in [9.17, 15) is 4.21 Å². The summed E-state index contributed by atoms with van der Waals surface area (Å²) in [4.78, 5) is 0. The minimum atomic E-state index is -0.802. The van der Waals surface area contributed by atoms with E-state index in [4.69, 9.17) is 23.2 Å². The first-order valence-electron chi connectivity index (χ1n) is 4.92. The molecule has 0 aliphatic carbocycles. The van der Waals surface area contributed by atoms with Crippen molar-refractivity contribution in [1.29, 1.82) is 0 Å². The molecule has 0 aromatic carbocycles. The van der Waals surface area contributed by atoms with Gasteiger partial charge in [0.25, 0.3) is 0 Å². The summed E-state index contributed by atoms with van der Waals surface area (Å²) in [5, 5.41) is 3.44. The van der Waals surface area contributed by atoms with Gasteiger partial charge in [-0.15, -0.1) is 11.3 Å². The quantitative estimate of drug-likeness (QED) is 0.902. The van der Waals surface area contributed by atoms with Crippen LogP contribution in [0.1, 0.15) is 25.5 Å². The molecule has 3 atom stereocenters. The first kappa shape index (κ1) is 14.5. The fraction of sp³-hybridized carbons (Fsp3) is 0.600. The maximum atomic E-state index is 11.2. The Morgan fingerprint density at radius 1 is 1.50 bits per heavy atom. The van der Waals surface area contributed by atoms with Crippen molar-refractivity contribution in [3.63, 3.8) is 0 Å². The van der Waals surface area contributed by atoms with Crippen LogP contribution in [0.2, 0.25) is 8.67 Å². The fourth-order valence-electron chi connectivity index (χ4n) is 1.22. The van der Waals surface area contributed by atoms with E-state index in [2.05, 4.69) is 5.32 Å². The second-order valence-corrected chi connectivity index (χ2v) is 7.81. The molecule has 0 aliphatic rings. The smallest absolute Gasteiger partial charge is 0.0991 e. The molecule has 3 unspecified atom stereocenters. The summed E-state index contributed by atoms with van der Waals surface area (Å²) < 4.78 is 12.6. The van der Waals surface area contributed by atoms with Crippen molar-refractivity contribution in [3.8, 4) is 0 Å². The van der Waals surface area contributed by atoms with Gasteiger partial charge in [0.15, 0.2) is 0 Å². The molecule has 16 heavy (non-hydrogen) atoms. The Kier molecular flexibility index (Phi) is 5.74. The molecule has 0 bridgehead atoms. The van der Waals surface area contributed by atoms with Gasteiger partial charge in [0, 0.05) is 34.9 Å². The normalized spacial score (nSPS) is 17.1. The van der Waals surface area contributed by atoms with Gasteiger partial charge in [0.1, 0.15) is 0 Å². The van der Waals surface area contributed by atoms with E-state index in [1.54, 1.807) is 6.26 Å². The predicted octanol–water partition coefficient (Wildman–Crippen LogP) is 3.47. The van der Waals surface area contributed by atoms with Crippen molar-refractivity contribution in [1.82, 2.24) is 5.32 Å². The summed E-state index contributed by atoms with van der Waals surface area (Å²) in [6.45, 7) is 4.68. The van der Waals surface area contributed by atoms with E-state index in [-0.39, 0.29) is 11.3 Å². The summed E-state index contributed by atoms with van der Waals surface area (Å²) in [6.07, 6.45) is 1.71. The number of halogens is 2. The molecular formula is C10H15Cl2NOS2. The monoisotopic (exact) mass is 299 g/mol. The molecule has 1 rings (SSSR count). The lowest BCUT2D eigenvalue weighted by atomic mass is 10.2. The van der Waals surface area contributed by atoms with E-state index in [1.165, 1.54) is 11.3 Å². The van der Waals surface area contributed by atoms with Crippen LogP contribution in [0.5, 0.6) is 0 Å². The lowest BCUT2D eigenvalue weighted by Gasteiger charge is -2.16. The van der Waals surface area contributed by atoms with Gasteiger partial charge in [-0.3, -0.25) is 4.21 Å². The summed E-state index contributed by atoms with van der Waals surface area (Å²) in [7, 11) is -0.802. The Balaban J connectivity index is 2.56. The molecule has 1 N–H and O–H groups in total. The van der Waals surface area contributed by atoms with E-state index >= 15 is 0 Å². The van der Waals surface area contributed by atoms with Crippen molar-refractivity contribution in [3.05, 3.63) is 20.3 Å². The Labute approximate surface area is 113 Å². The highest BCUT2D eigenvalue weighted by atomic mass is 35.5. The second-order valence-electron chi connectivity index (χ2n) is 3.72. The van der Waals surface area contributed by atoms with Gasteiger partial charge in [-0.1, -0.05) is 23.2 Å². The van der Waals surface area contributed by atoms with Gasteiger partial charge in [-0.25, -0.2) is 0 Å². The topological polar surface area (TPSA) is 29.1 Å². The summed E-state index contributed by atoms with van der Waals surface area (Å²) in [6, 6.07) is 2.00. The molecule has 0 saturated heterocycles. The van der Waals surface area contributed by atoms with E-state index in [0.717, 1.165) is 9.90 Å². The highest BCUT2D eigenvalue weighted by molar-refractivity contribution is 7.84. The lowest BCUT2D eigenvalue weighted by Crippen LogP contribution is -2.29. The summed E-state index contributed by atoms with van der Waals surface area (Å²) >= 11 is 13.3. The average molecular weight is 300 g/mol. The maximum Gasteiger partial charge on any atom is 0.0991 e. The minimum absolute atomic E-state index is 0.127. The molecule has 0 fully saturated rings. The molecule has 1 heterocycles.